The Labute approximate surface area is 166 Å². The molecule has 0 aliphatic heterocycles. The molecule has 152 valence electrons. The normalized spacial score (nSPS) is 13.6. The van der Waals surface area contributed by atoms with Crippen molar-refractivity contribution in [2.24, 2.45) is 0 Å². The number of carbonyl (C=O) groups excluding carboxylic acids is 1. The second-order valence-electron chi connectivity index (χ2n) is 6.78. The van der Waals surface area contributed by atoms with Gasteiger partial charge in [-0.3, -0.25) is 9.10 Å². The average molecular weight is 407 g/mol. The van der Waals surface area contributed by atoms with E-state index in [-0.39, 0.29) is 18.2 Å². The SMILES string of the molecule is CCc1ccc([C@H](C)NC(=O)[C@@H](CC)N(c2ccc(F)cc2)S(C)(=O)=O)cc1. The molecule has 2 atom stereocenters. The van der Waals surface area contributed by atoms with Crippen molar-refractivity contribution in [1.82, 2.24) is 5.32 Å². The molecule has 1 N–H and O–H groups in total. The Balaban J connectivity index is 2.26. The molecule has 0 bridgehead atoms. The Kier molecular flexibility index (Phi) is 7.18. The summed E-state index contributed by atoms with van der Waals surface area (Å²) >= 11 is 0. The number of halogens is 1. The van der Waals surface area contributed by atoms with Gasteiger partial charge in [-0.25, -0.2) is 12.8 Å². The van der Waals surface area contributed by atoms with E-state index in [4.69, 9.17) is 0 Å². The number of nitrogens with one attached hydrogen (secondary N) is 1. The van der Waals surface area contributed by atoms with Gasteiger partial charge in [-0.15, -0.1) is 0 Å². The maximum Gasteiger partial charge on any atom is 0.244 e. The van der Waals surface area contributed by atoms with E-state index >= 15 is 0 Å². The summed E-state index contributed by atoms with van der Waals surface area (Å²) in [5, 5.41) is 2.90. The Hall–Kier alpha value is -2.41. The number of aryl methyl sites for hydroxylation is 1. The van der Waals surface area contributed by atoms with Gasteiger partial charge in [-0.05, 0) is 55.2 Å². The second-order valence-corrected chi connectivity index (χ2v) is 8.64. The highest BCUT2D eigenvalue weighted by Crippen LogP contribution is 2.23. The predicted octanol–water partition coefficient (Wildman–Crippen LogP) is 3.81. The number of hydrogen-bond acceptors (Lipinski definition) is 3. The number of anilines is 1. The third kappa shape index (κ3) is 5.32. The fourth-order valence-electron chi connectivity index (χ4n) is 3.08. The van der Waals surface area contributed by atoms with E-state index in [1.165, 1.54) is 29.8 Å². The molecule has 0 saturated carbocycles. The first-order valence-electron chi connectivity index (χ1n) is 9.31. The molecule has 0 heterocycles. The molecular weight excluding hydrogens is 379 g/mol. The van der Waals surface area contributed by atoms with Crippen molar-refractivity contribution < 1.29 is 17.6 Å². The predicted molar refractivity (Wildman–Crippen MR) is 110 cm³/mol. The zero-order chi connectivity index (χ0) is 20.9. The molecule has 0 unspecified atom stereocenters. The topological polar surface area (TPSA) is 66.5 Å². The molecule has 0 radical (unpaired) electrons. The van der Waals surface area contributed by atoms with Gasteiger partial charge in [0.25, 0.3) is 0 Å². The number of carbonyl (C=O) groups is 1. The Morgan fingerprint density at radius 3 is 2.11 bits per heavy atom. The van der Waals surface area contributed by atoms with E-state index < -0.39 is 27.8 Å². The molecule has 0 fully saturated rings. The minimum absolute atomic E-state index is 0.255. The maximum atomic E-state index is 13.3. The van der Waals surface area contributed by atoms with Gasteiger partial charge in [0.1, 0.15) is 11.9 Å². The van der Waals surface area contributed by atoms with Gasteiger partial charge in [-0.2, -0.15) is 0 Å². The van der Waals surface area contributed by atoms with Crippen LogP contribution in [-0.4, -0.2) is 26.6 Å². The van der Waals surface area contributed by atoms with E-state index in [1.54, 1.807) is 6.92 Å². The molecule has 2 aromatic rings. The Morgan fingerprint density at radius 1 is 1.07 bits per heavy atom. The van der Waals surface area contributed by atoms with E-state index in [1.807, 2.05) is 31.2 Å². The zero-order valence-electron chi connectivity index (χ0n) is 16.6. The van der Waals surface area contributed by atoms with Gasteiger partial charge < -0.3 is 5.32 Å². The van der Waals surface area contributed by atoms with Gasteiger partial charge in [0.15, 0.2) is 0 Å². The third-order valence-electron chi connectivity index (χ3n) is 4.66. The van der Waals surface area contributed by atoms with Crippen LogP contribution in [0.1, 0.15) is 44.4 Å². The number of rotatable bonds is 8. The van der Waals surface area contributed by atoms with Crippen molar-refractivity contribution in [3.05, 3.63) is 65.5 Å². The van der Waals surface area contributed by atoms with Crippen molar-refractivity contribution in [2.45, 2.75) is 45.7 Å². The molecule has 5 nitrogen and oxygen atoms in total. The van der Waals surface area contributed by atoms with E-state index in [2.05, 4.69) is 12.2 Å². The molecule has 0 aromatic heterocycles. The zero-order valence-corrected chi connectivity index (χ0v) is 17.5. The van der Waals surface area contributed by atoms with Crippen LogP contribution in [0.4, 0.5) is 10.1 Å². The highest BCUT2D eigenvalue weighted by atomic mass is 32.2. The van der Waals surface area contributed by atoms with Crippen LogP contribution in [0.15, 0.2) is 48.5 Å². The largest absolute Gasteiger partial charge is 0.348 e. The second kappa shape index (κ2) is 9.19. The number of benzene rings is 2. The van der Waals surface area contributed by atoms with Crippen LogP contribution >= 0.6 is 0 Å². The van der Waals surface area contributed by atoms with Crippen molar-refractivity contribution in [3.63, 3.8) is 0 Å². The lowest BCUT2D eigenvalue weighted by Gasteiger charge is -2.31. The molecule has 0 aliphatic carbocycles. The first kappa shape index (κ1) is 21.9. The third-order valence-corrected chi connectivity index (χ3v) is 5.84. The molecule has 7 heteroatoms. The summed E-state index contributed by atoms with van der Waals surface area (Å²) in [6.07, 6.45) is 2.25. The van der Waals surface area contributed by atoms with Gasteiger partial charge in [0, 0.05) is 0 Å². The summed E-state index contributed by atoms with van der Waals surface area (Å²) in [6.45, 7) is 5.67. The van der Waals surface area contributed by atoms with Gasteiger partial charge in [0.2, 0.25) is 15.9 Å². The van der Waals surface area contributed by atoms with Gasteiger partial charge in [-0.1, -0.05) is 38.1 Å². The quantitative estimate of drug-likeness (QED) is 0.725. The fraction of sp³-hybridized carbons (Fsp3) is 0.381. The monoisotopic (exact) mass is 406 g/mol. The van der Waals surface area contributed by atoms with E-state index in [0.29, 0.717) is 0 Å². The van der Waals surface area contributed by atoms with Crippen molar-refractivity contribution >= 4 is 21.6 Å². The molecule has 1 amide bonds. The smallest absolute Gasteiger partial charge is 0.244 e. The summed E-state index contributed by atoms with van der Waals surface area (Å²) < 4.78 is 39.1. The fourth-order valence-corrected chi connectivity index (χ4v) is 4.29. The first-order chi connectivity index (χ1) is 13.2. The molecular formula is C21H27FN2O3S. The molecule has 28 heavy (non-hydrogen) atoms. The van der Waals surface area contributed by atoms with Crippen LogP contribution in [0.2, 0.25) is 0 Å². The Bertz CT molecular complexity index is 896. The van der Waals surface area contributed by atoms with E-state index in [0.717, 1.165) is 22.5 Å². The van der Waals surface area contributed by atoms with E-state index in [9.17, 15) is 17.6 Å². The van der Waals surface area contributed by atoms with Crippen LogP contribution in [-0.2, 0) is 21.2 Å². The van der Waals surface area contributed by atoms with Crippen molar-refractivity contribution in [3.8, 4) is 0 Å². The number of sulfonamides is 1. The number of nitrogens with zero attached hydrogens (tertiary/aromatic N) is 1. The summed E-state index contributed by atoms with van der Waals surface area (Å²) in [7, 11) is -3.75. The number of hydrogen-bond donors (Lipinski definition) is 1. The first-order valence-corrected chi connectivity index (χ1v) is 11.2. The minimum Gasteiger partial charge on any atom is -0.348 e. The highest BCUT2D eigenvalue weighted by Gasteiger charge is 2.32. The van der Waals surface area contributed by atoms with Gasteiger partial charge in [0.05, 0.1) is 18.0 Å². The summed E-state index contributed by atoms with van der Waals surface area (Å²) in [5.41, 5.74) is 2.40. The lowest BCUT2D eigenvalue weighted by molar-refractivity contribution is -0.122. The van der Waals surface area contributed by atoms with Gasteiger partial charge >= 0.3 is 0 Å². The van der Waals surface area contributed by atoms with Crippen LogP contribution in [0.3, 0.4) is 0 Å². The molecule has 2 rings (SSSR count). The van der Waals surface area contributed by atoms with Crippen LogP contribution in [0.25, 0.3) is 0 Å². The molecule has 0 aliphatic rings. The van der Waals surface area contributed by atoms with Crippen LogP contribution in [0, 0.1) is 5.82 Å². The van der Waals surface area contributed by atoms with Crippen LogP contribution in [0.5, 0.6) is 0 Å². The van der Waals surface area contributed by atoms with Crippen LogP contribution < -0.4 is 9.62 Å². The molecule has 0 saturated heterocycles. The maximum absolute atomic E-state index is 13.3. The summed E-state index contributed by atoms with van der Waals surface area (Å²) in [6, 6.07) is 11.8. The highest BCUT2D eigenvalue weighted by molar-refractivity contribution is 7.92. The number of amides is 1. The molecule has 0 spiro atoms. The summed E-state index contributed by atoms with van der Waals surface area (Å²) in [4.78, 5) is 12.9. The van der Waals surface area contributed by atoms with Crippen molar-refractivity contribution in [1.29, 1.82) is 0 Å². The minimum atomic E-state index is -3.75. The van der Waals surface area contributed by atoms with Crippen molar-refractivity contribution in [2.75, 3.05) is 10.6 Å². The summed E-state index contributed by atoms with van der Waals surface area (Å²) in [5.74, 6) is -0.872. The average Bonchev–Trinajstić information content (AvgIpc) is 2.66. The molecule has 2 aromatic carbocycles. The standard InChI is InChI=1S/C21H27FN2O3S/c1-5-16-7-9-17(10-8-16)15(3)23-21(25)20(6-2)24(28(4,26)27)19-13-11-18(22)12-14-19/h7-15,20H,5-6H2,1-4H3,(H,23,25)/t15-,20+/m0/s1. The lowest BCUT2D eigenvalue weighted by atomic mass is 10.0. The lowest BCUT2D eigenvalue weighted by Crippen LogP contribution is -2.49. The Morgan fingerprint density at radius 2 is 1.64 bits per heavy atom.